The fourth-order valence-electron chi connectivity index (χ4n) is 1.74. The highest BCUT2D eigenvalue weighted by Gasteiger charge is 2.15. The van der Waals surface area contributed by atoms with Gasteiger partial charge in [-0.25, -0.2) is 0 Å². The molecular formula is C15H13BrO3S. The Morgan fingerprint density at radius 2 is 1.80 bits per heavy atom. The maximum Gasteiger partial charge on any atom is 0.179 e. The second-order valence-electron chi connectivity index (χ2n) is 4.07. The van der Waals surface area contributed by atoms with Crippen molar-refractivity contribution in [1.29, 1.82) is 0 Å². The summed E-state index contributed by atoms with van der Waals surface area (Å²) in [6.07, 6.45) is 0. The lowest BCUT2D eigenvalue weighted by Gasteiger charge is -2.07. The largest absolute Gasteiger partial charge is 0.496 e. The molecule has 0 bridgehead atoms. The van der Waals surface area contributed by atoms with Crippen molar-refractivity contribution >= 4 is 32.5 Å². The lowest BCUT2D eigenvalue weighted by molar-refractivity contribution is 0.101. The van der Waals surface area contributed by atoms with Crippen molar-refractivity contribution in [3.8, 4) is 5.75 Å². The fourth-order valence-corrected chi connectivity index (χ4v) is 3.01. The molecule has 2 rings (SSSR count). The minimum atomic E-state index is -1.36. The summed E-state index contributed by atoms with van der Waals surface area (Å²) in [6, 6.07) is 14.1. The summed E-state index contributed by atoms with van der Waals surface area (Å²) < 4.78 is 18.2. The summed E-state index contributed by atoms with van der Waals surface area (Å²) in [4.78, 5) is 12.8. The quantitative estimate of drug-likeness (QED) is 0.774. The van der Waals surface area contributed by atoms with Crippen molar-refractivity contribution in [2.45, 2.75) is 4.90 Å². The Kier molecular flexibility index (Phi) is 5.09. The normalized spacial score (nSPS) is 11.9. The van der Waals surface area contributed by atoms with Crippen molar-refractivity contribution in [3.05, 3.63) is 58.6 Å². The van der Waals surface area contributed by atoms with Gasteiger partial charge in [-0.15, -0.1) is 0 Å². The van der Waals surface area contributed by atoms with Crippen LogP contribution in [0.3, 0.4) is 0 Å². The molecule has 0 amide bonds. The standard InChI is InChI=1S/C15H13BrO3S/c1-19-15-5-3-2-4-13(15)14(17)10-20(18)12-8-6-11(16)7-9-12/h2-9H,10H2,1H3. The van der Waals surface area contributed by atoms with Crippen molar-refractivity contribution in [2.75, 3.05) is 12.9 Å². The van der Waals surface area contributed by atoms with Crippen LogP contribution < -0.4 is 4.74 Å². The average molecular weight is 353 g/mol. The molecule has 1 unspecified atom stereocenters. The first-order valence-corrected chi connectivity index (χ1v) is 8.03. The van der Waals surface area contributed by atoms with Crippen molar-refractivity contribution in [2.24, 2.45) is 0 Å². The number of hydrogen-bond acceptors (Lipinski definition) is 3. The Bertz CT molecular complexity index is 638. The van der Waals surface area contributed by atoms with Gasteiger partial charge in [-0.1, -0.05) is 28.1 Å². The van der Waals surface area contributed by atoms with Gasteiger partial charge in [-0.05, 0) is 36.4 Å². The lowest BCUT2D eigenvalue weighted by Crippen LogP contribution is -2.12. The molecule has 0 heterocycles. The Balaban J connectivity index is 2.15. The highest BCUT2D eigenvalue weighted by Crippen LogP contribution is 2.19. The van der Waals surface area contributed by atoms with Crippen LogP contribution in [0.25, 0.3) is 0 Å². The van der Waals surface area contributed by atoms with E-state index in [1.54, 1.807) is 48.5 Å². The van der Waals surface area contributed by atoms with Crippen LogP contribution in [0, 0.1) is 0 Å². The molecule has 0 saturated heterocycles. The number of carbonyl (C=O) groups is 1. The molecule has 5 heteroatoms. The predicted octanol–water partition coefficient (Wildman–Crippen LogP) is 3.45. The Hall–Kier alpha value is -1.46. The topological polar surface area (TPSA) is 43.4 Å². The average Bonchev–Trinajstić information content (AvgIpc) is 2.47. The summed E-state index contributed by atoms with van der Waals surface area (Å²) in [5.41, 5.74) is 0.459. The van der Waals surface area contributed by atoms with Crippen molar-refractivity contribution in [1.82, 2.24) is 0 Å². The second-order valence-corrected chi connectivity index (χ2v) is 6.43. The number of methoxy groups -OCH3 is 1. The molecule has 0 spiro atoms. The highest BCUT2D eigenvalue weighted by molar-refractivity contribution is 9.10. The molecule has 0 N–H and O–H groups in total. The van der Waals surface area contributed by atoms with Crippen LogP contribution >= 0.6 is 15.9 Å². The molecule has 104 valence electrons. The molecular weight excluding hydrogens is 340 g/mol. The van der Waals surface area contributed by atoms with Crippen molar-refractivity contribution in [3.63, 3.8) is 0 Å². The summed E-state index contributed by atoms with van der Waals surface area (Å²) >= 11 is 3.32. The van der Waals surface area contributed by atoms with Crippen LogP contribution in [0.15, 0.2) is 57.9 Å². The van der Waals surface area contributed by atoms with Gasteiger partial charge in [0, 0.05) is 9.37 Å². The minimum absolute atomic E-state index is 0.0536. The fraction of sp³-hybridized carbons (Fsp3) is 0.133. The van der Waals surface area contributed by atoms with E-state index in [-0.39, 0.29) is 11.5 Å². The maximum atomic E-state index is 12.2. The molecule has 2 aromatic rings. The van der Waals surface area contributed by atoms with Crippen molar-refractivity contribution < 1.29 is 13.7 Å². The molecule has 0 aromatic heterocycles. The molecule has 20 heavy (non-hydrogen) atoms. The molecule has 3 nitrogen and oxygen atoms in total. The first-order valence-electron chi connectivity index (χ1n) is 5.92. The van der Waals surface area contributed by atoms with E-state index < -0.39 is 10.8 Å². The highest BCUT2D eigenvalue weighted by atomic mass is 79.9. The van der Waals surface area contributed by atoms with Crippen LogP contribution in [-0.4, -0.2) is 22.9 Å². The molecule has 0 radical (unpaired) electrons. The first kappa shape index (κ1) is 14.9. The minimum Gasteiger partial charge on any atom is -0.496 e. The van der Waals surface area contributed by atoms with Crippen LogP contribution in [0.4, 0.5) is 0 Å². The van der Waals surface area contributed by atoms with Crippen LogP contribution in [0.1, 0.15) is 10.4 Å². The predicted molar refractivity (Wildman–Crippen MR) is 82.7 cm³/mol. The third kappa shape index (κ3) is 3.55. The molecule has 0 aliphatic heterocycles. The van der Waals surface area contributed by atoms with Gasteiger partial charge in [-0.3, -0.25) is 9.00 Å². The van der Waals surface area contributed by atoms with E-state index in [0.717, 1.165) is 4.47 Å². The van der Waals surface area contributed by atoms with Gasteiger partial charge in [-0.2, -0.15) is 0 Å². The molecule has 0 fully saturated rings. The zero-order chi connectivity index (χ0) is 14.5. The molecule has 2 aromatic carbocycles. The molecule has 0 aliphatic carbocycles. The van der Waals surface area contributed by atoms with E-state index in [9.17, 15) is 9.00 Å². The van der Waals surface area contributed by atoms with Crippen LogP contribution in [0.2, 0.25) is 0 Å². The summed E-state index contributed by atoms with van der Waals surface area (Å²) in [5, 5.41) is 0. The summed E-state index contributed by atoms with van der Waals surface area (Å²) in [7, 11) is 0.153. The maximum absolute atomic E-state index is 12.2. The number of benzene rings is 2. The number of para-hydroxylation sites is 1. The van der Waals surface area contributed by atoms with Gasteiger partial charge in [0.05, 0.1) is 29.2 Å². The number of halogens is 1. The van der Waals surface area contributed by atoms with E-state index in [4.69, 9.17) is 4.74 Å². The lowest BCUT2D eigenvalue weighted by atomic mass is 10.1. The Morgan fingerprint density at radius 3 is 2.45 bits per heavy atom. The molecule has 1 atom stereocenters. The number of ketones is 1. The van der Waals surface area contributed by atoms with Crippen LogP contribution in [-0.2, 0) is 10.8 Å². The zero-order valence-electron chi connectivity index (χ0n) is 10.8. The second kappa shape index (κ2) is 6.81. The van der Waals surface area contributed by atoms with Gasteiger partial charge < -0.3 is 4.74 Å². The number of hydrogen-bond donors (Lipinski definition) is 0. The summed E-state index contributed by atoms with van der Waals surface area (Å²) in [5.74, 6) is 0.260. The number of carbonyl (C=O) groups excluding carboxylic acids is 1. The molecule has 0 saturated carbocycles. The first-order chi connectivity index (χ1) is 9.61. The Morgan fingerprint density at radius 1 is 1.15 bits per heavy atom. The summed E-state index contributed by atoms with van der Waals surface area (Å²) in [6.45, 7) is 0. The van der Waals surface area contributed by atoms with Gasteiger partial charge in [0.25, 0.3) is 0 Å². The zero-order valence-corrected chi connectivity index (χ0v) is 13.2. The number of ether oxygens (including phenoxy) is 1. The third-order valence-electron chi connectivity index (χ3n) is 2.75. The van der Waals surface area contributed by atoms with Crippen LogP contribution in [0.5, 0.6) is 5.75 Å². The number of Topliss-reactive ketones (excluding diaryl/α,β-unsaturated/α-hetero) is 1. The van der Waals surface area contributed by atoms with E-state index in [2.05, 4.69) is 15.9 Å². The number of rotatable bonds is 5. The van der Waals surface area contributed by atoms with E-state index >= 15 is 0 Å². The van der Waals surface area contributed by atoms with E-state index in [1.807, 2.05) is 0 Å². The van der Waals surface area contributed by atoms with E-state index in [0.29, 0.717) is 16.2 Å². The van der Waals surface area contributed by atoms with Gasteiger partial charge >= 0.3 is 0 Å². The molecule has 0 aliphatic rings. The van der Waals surface area contributed by atoms with Gasteiger partial charge in [0.15, 0.2) is 5.78 Å². The van der Waals surface area contributed by atoms with Gasteiger partial charge in [0.2, 0.25) is 0 Å². The Labute approximate surface area is 128 Å². The van der Waals surface area contributed by atoms with Gasteiger partial charge in [0.1, 0.15) is 5.75 Å². The monoisotopic (exact) mass is 352 g/mol. The third-order valence-corrected chi connectivity index (χ3v) is 4.60. The SMILES string of the molecule is COc1ccccc1C(=O)CS(=O)c1ccc(Br)cc1. The smallest absolute Gasteiger partial charge is 0.179 e. The van der Waals surface area contributed by atoms with E-state index in [1.165, 1.54) is 7.11 Å².